The molecule has 0 heterocycles. The summed E-state index contributed by atoms with van der Waals surface area (Å²) in [6.07, 6.45) is 4.65. The molecular weight excluding hydrogens is 310 g/mol. The van der Waals surface area contributed by atoms with E-state index in [1.165, 1.54) is 0 Å². The first kappa shape index (κ1) is 27.1. The average Bonchev–Trinajstić information content (AvgIpc) is 2.20. The molecule has 0 aliphatic carbocycles. The Morgan fingerprint density at radius 1 is 0.850 bits per heavy atom. The van der Waals surface area contributed by atoms with Gasteiger partial charge >= 0.3 is 103 Å². The molecule has 0 rings (SSSR count). The number of hydrogen-bond acceptors (Lipinski definition) is 4. The molecule has 0 atom stereocenters. The zero-order valence-electron chi connectivity index (χ0n) is 13.9. The van der Waals surface area contributed by atoms with E-state index in [2.05, 4.69) is 6.92 Å². The van der Waals surface area contributed by atoms with Gasteiger partial charge in [0.2, 0.25) is 0 Å². The molecule has 0 fully saturated rings. The van der Waals surface area contributed by atoms with E-state index in [9.17, 15) is 19.8 Å². The monoisotopic (exact) mass is 334 g/mol. The number of carboxylic acid groups (broad SMARTS) is 2. The van der Waals surface area contributed by atoms with Crippen LogP contribution in [-0.4, -0.2) is 11.9 Å². The molecule has 0 aliphatic heterocycles. The molecule has 4 nitrogen and oxygen atoms in total. The quantitative estimate of drug-likeness (QED) is 0.253. The maximum Gasteiger partial charge on any atom is 1.00 e. The summed E-state index contributed by atoms with van der Waals surface area (Å²) in [5.41, 5.74) is -2.82. The Kier molecular flexibility index (Phi) is 17.1. The minimum atomic E-state index is -1.90. The van der Waals surface area contributed by atoms with Gasteiger partial charge in [-0.2, -0.15) is 0 Å². The first-order valence-corrected chi connectivity index (χ1v) is 6.63. The van der Waals surface area contributed by atoms with Gasteiger partial charge in [-0.3, -0.25) is 0 Å². The van der Waals surface area contributed by atoms with Gasteiger partial charge in [-0.25, -0.2) is 0 Å². The van der Waals surface area contributed by atoms with Crippen molar-refractivity contribution in [3.8, 4) is 0 Å². The largest absolute Gasteiger partial charge is 1.00 e. The van der Waals surface area contributed by atoms with Crippen molar-refractivity contribution in [2.45, 2.75) is 66.2 Å². The summed E-state index contributed by atoms with van der Waals surface area (Å²) in [7, 11) is 0. The van der Waals surface area contributed by atoms with Gasteiger partial charge in [-0.1, -0.05) is 59.8 Å². The Morgan fingerprint density at radius 2 is 1.25 bits per heavy atom. The van der Waals surface area contributed by atoms with E-state index in [0.717, 1.165) is 25.7 Å². The maximum absolute atomic E-state index is 11.3. The van der Waals surface area contributed by atoms with Gasteiger partial charge in [0.25, 0.3) is 0 Å². The fourth-order valence-corrected chi connectivity index (χ4v) is 2.27. The van der Waals surface area contributed by atoms with E-state index in [0.29, 0.717) is 6.42 Å². The molecular formula is C14H24K2O4. The van der Waals surface area contributed by atoms with Crippen LogP contribution >= 0.6 is 0 Å². The smallest absolute Gasteiger partial charge is 0.549 e. The molecule has 0 saturated carbocycles. The molecule has 6 heteroatoms. The third kappa shape index (κ3) is 7.66. The topological polar surface area (TPSA) is 80.3 Å². The van der Waals surface area contributed by atoms with E-state index in [-0.39, 0.29) is 109 Å². The summed E-state index contributed by atoms with van der Waals surface area (Å²) in [6, 6.07) is 0. The summed E-state index contributed by atoms with van der Waals surface area (Å²) < 4.78 is 0. The van der Waals surface area contributed by atoms with Crippen molar-refractivity contribution in [2.24, 2.45) is 10.8 Å². The van der Waals surface area contributed by atoms with Crippen LogP contribution in [-0.2, 0) is 9.59 Å². The summed E-state index contributed by atoms with van der Waals surface area (Å²) in [5.74, 6) is -3.07. The van der Waals surface area contributed by atoms with E-state index >= 15 is 0 Å². The van der Waals surface area contributed by atoms with Gasteiger partial charge in [0.05, 0.1) is 17.4 Å². The number of carbonyl (C=O) groups is 2. The standard InChI is InChI=1S/C14H26O4.2K/c1-5-6-7-8-9-10-14(11(15)16,12(17)18)13(2,3)4;;/h5-10H2,1-4H3,(H,15,16)(H,17,18);;/q;2*+1/p-2. The molecule has 0 spiro atoms. The van der Waals surface area contributed by atoms with Crippen molar-refractivity contribution in [1.29, 1.82) is 0 Å². The molecule has 0 amide bonds. The number of carbonyl (C=O) groups excluding carboxylic acids is 2. The fraction of sp³-hybridized carbons (Fsp3) is 0.857. The van der Waals surface area contributed by atoms with Crippen LogP contribution in [0.15, 0.2) is 0 Å². The molecule has 0 aliphatic rings. The average molecular weight is 335 g/mol. The Morgan fingerprint density at radius 3 is 1.55 bits per heavy atom. The number of hydrogen-bond donors (Lipinski definition) is 0. The summed E-state index contributed by atoms with van der Waals surface area (Å²) in [4.78, 5) is 22.6. The number of carboxylic acids is 2. The SMILES string of the molecule is CCCCCCCC(C(=O)[O-])(C(=O)[O-])C(C)(C)C.[K+].[K+]. The van der Waals surface area contributed by atoms with E-state index in [4.69, 9.17) is 0 Å². The minimum absolute atomic E-state index is 0. The maximum atomic E-state index is 11.3. The number of aliphatic carboxylic acids is 2. The second-order valence-corrected chi connectivity index (χ2v) is 5.89. The van der Waals surface area contributed by atoms with Crippen molar-refractivity contribution in [1.82, 2.24) is 0 Å². The second-order valence-electron chi connectivity index (χ2n) is 5.89. The zero-order valence-corrected chi connectivity index (χ0v) is 20.1. The van der Waals surface area contributed by atoms with Crippen LogP contribution < -0.4 is 113 Å². The molecule has 0 unspecified atom stereocenters. The first-order valence-electron chi connectivity index (χ1n) is 6.63. The Bertz CT molecular complexity index is 284. The van der Waals surface area contributed by atoms with Crippen LogP contribution in [0.3, 0.4) is 0 Å². The molecule has 0 radical (unpaired) electrons. The summed E-state index contributed by atoms with van der Waals surface area (Å²) in [5, 5.41) is 22.6. The third-order valence-electron chi connectivity index (χ3n) is 3.63. The molecule has 20 heavy (non-hydrogen) atoms. The van der Waals surface area contributed by atoms with Crippen LogP contribution in [0.25, 0.3) is 0 Å². The normalized spacial score (nSPS) is 11.2. The van der Waals surface area contributed by atoms with Crippen LogP contribution in [0, 0.1) is 10.8 Å². The van der Waals surface area contributed by atoms with Crippen molar-refractivity contribution in [3.63, 3.8) is 0 Å². The summed E-state index contributed by atoms with van der Waals surface area (Å²) >= 11 is 0. The van der Waals surface area contributed by atoms with Gasteiger partial charge in [0.1, 0.15) is 0 Å². The van der Waals surface area contributed by atoms with Crippen LogP contribution in [0.5, 0.6) is 0 Å². The van der Waals surface area contributed by atoms with Gasteiger partial charge in [-0.05, 0) is 11.8 Å². The molecule has 0 aromatic carbocycles. The second kappa shape index (κ2) is 12.6. The molecule has 0 aromatic rings. The predicted octanol–water partition coefficient (Wildman–Crippen LogP) is -5.11. The van der Waals surface area contributed by atoms with Crippen LogP contribution in [0.1, 0.15) is 66.2 Å². The van der Waals surface area contributed by atoms with Crippen LogP contribution in [0.2, 0.25) is 0 Å². The number of rotatable bonds is 8. The van der Waals surface area contributed by atoms with Crippen molar-refractivity contribution in [3.05, 3.63) is 0 Å². The third-order valence-corrected chi connectivity index (χ3v) is 3.63. The number of unbranched alkanes of at least 4 members (excludes halogenated alkanes) is 4. The van der Waals surface area contributed by atoms with Crippen LogP contribution in [0.4, 0.5) is 0 Å². The molecule has 0 aromatic heterocycles. The molecule has 0 bridgehead atoms. The Balaban J connectivity index is -0.00000144. The molecule has 106 valence electrons. The van der Waals surface area contributed by atoms with Crippen molar-refractivity contribution in [2.75, 3.05) is 0 Å². The van der Waals surface area contributed by atoms with Gasteiger partial charge in [-0.15, -0.1) is 0 Å². The van der Waals surface area contributed by atoms with Gasteiger partial charge in [0.15, 0.2) is 0 Å². The van der Waals surface area contributed by atoms with Gasteiger partial charge in [0, 0.05) is 0 Å². The predicted molar refractivity (Wildman–Crippen MR) is 65.3 cm³/mol. The molecule has 0 saturated heterocycles. The van der Waals surface area contributed by atoms with Crippen molar-refractivity contribution >= 4 is 11.9 Å². The first-order chi connectivity index (χ1) is 8.20. The Hall–Kier alpha value is 2.21. The Labute approximate surface area is 207 Å². The minimum Gasteiger partial charge on any atom is -0.549 e. The summed E-state index contributed by atoms with van der Waals surface area (Å²) in [6.45, 7) is 6.89. The zero-order chi connectivity index (χ0) is 14.4. The van der Waals surface area contributed by atoms with E-state index < -0.39 is 22.8 Å². The van der Waals surface area contributed by atoms with Crippen molar-refractivity contribution < 1.29 is 123 Å². The fourth-order valence-electron chi connectivity index (χ4n) is 2.27. The van der Waals surface area contributed by atoms with Gasteiger partial charge < -0.3 is 19.8 Å². The van der Waals surface area contributed by atoms with E-state index in [1.807, 2.05) is 0 Å². The van der Waals surface area contributed by atoms with E-state index in [1.54, 1.807) is 20.8 Å². The molecule has 0 N–H and O–H groups in total.